The van der Waals surface area contributed by atoms with Crippen molar-refractivity contribution in [2.45, 2.75) is 37.8 Å². The first kappa shape index (κ1) is 26.8. The maximum Gasteiger partial charge on any atom is 0.338 e. The molecule has 0 bridgehead atoms. The van der Waals surface area contributed by atoms with Gasteiger partial charge in [0.2, 0.25) is 10.0 Å². The van der Waals surface area contributed by atoms with E-state index in [2.05, 4.69) is 10.2 Å². The highest BCUT2D eigenvalue weighted by molar-refractivity contribution is 7.89. The van der Waals surface area contributed by atoms with E-state index in [4.69, 9.17) is 4.74 Å². The molecule has 2 amide bonds. The number of hydrogen-bond acceptors (Lipinski definition) is 6. The van der Waals surface area contributed by atoms with Gasteiger partial charge < -0.3 is 10.1 Å². The molecule has 0 aliphatic carbocycles. The van der Waals surface area contributed by atoms with Gasteiger partial charge in [-0.25, -0.2) is 18.0 Å². The first-order valence-corrected chi connectivity index (χ1v) is 13.9. The Bertz CT molecular complexity index is 1280. The van der Waals surface area contributed by atoms with Gasteiger partial charge >= 0.3 is 12.0 Å². The molecule has 198 valence electrons. The van der Waals surface area contributed by atoms with E-state index < -0.39 is 22.0 Å². The number of nitrogens with zero attached hydrogens (tertiary/aromatic N) is 3. The number of likely N-dealkylation sites (N-methyl/N-ethyl adjacent to an activating group) is 1. The van der Waals surface area contributed by atoms with Crippen LogP contribution in [0.15, 0.2) is 70.8 Å². The number of urea groups is 1. The smallest absolute Gasteiger partial charge is 0.338 e. The highest BCUT2D eigenvalue weighted by atomic mass is 32.2. The van der Waals surface area contributed by atoms with Crippen molar-refractivity contribution >= 4 is 22.0 Å². The third-order valence-electron chi connectivity index (χ3n) is 6.86. The Kier molecular flexibility index (Phi) is 8.01. The number of benzene rings is 2. The maximum atomic E-state index is 13.3. The third-order valence-corrected chi connectivity index (χ3v) is 8.88. The van der Waals surface area contributed by atoms with Crippen molar-refractivity contribution in [3.63, 3.8) is 0 Å². The second-order valence-electron chi connectivity index (χ2n) is 9.45. The molecule has 2 aromatic rings. The summed E-state index contributed by atoms with van der Waals surface area (Å²) in [5.41, 5.74) is 2.72. The van der Waals surface area contributed by atoms with Crippen LogP contribution in [0.2, 0.25) is 0 Å². The average molecular weight is 527 g/mol. The zero-order valence-corrected chi connectivity index (χ0v) is 22.5. The Balaban J connectivity index is 1.61. The predicted molar refractivity (Wildman–Crippen MR) is 140 cm³/mol. The summed E-state index contributed by atoms with van der Waals surface area (Å²) in [5.74, 6) is -0.480. The quantitative estimate of drug-likeness (QED) is 0.557. The van der Waals surface area contributed by atoms with Crippen LogP contribution in [0.4, 0.5) is 4.79 Å². The van der Waals surface area contributed by atoms with Crippen molar-refractivity contribution in [1.29, 1.82) is 0 Å². The minimum absolute atomic E-state index is 0.210. The lowest BCUT2D eigenvalue weighted by molar-refractivity contribution is -0.139. The molecule has 2 aliphatic heterocycles. The van der Waals surface area contributed by atoms with Crippen LogP contribution < -0.4 is 5.32 Å². The second-order valence-corrected chi connectivity index (χ2v) is 11.3. The highest BCUT2D eigenvalue weighted by Gasteiger charge is 2.39. The van der Waals surface area contributed by atoms with Crippen LogP contribution in [-0.4, -0.2) is 80.4 Å². The monoisotopic (exact) mass is 526 g/mol. The number of esters is 1. The van der Waals surface area contributed by atoms with E-state index in [9.17, 15) is 18.0 Å². The summed E-state index contributed by atoms with van der Waals surface area (Å²) in [6.07, 6.45) is 0. The fraction of sp³-hybridized carbons (Fsp3) is 0.407. The van der Waals surface area contributed by atoms with E-state index in [0.717, 1.165) is 11.1 Å². The maximum absolute atomic E-state index is 13.3. The summed E-state index contributed by atoms with van der Waals surface area (Å²) in [7, 11) is -2.00. The van der Waals surface area contributed by atoms with Gasteiger partial charge in [-0.1, -0.05) is 48.0 Å². The van der Waals surface area contributed by atoms with Crippen molar-refractivity contribution in [2.75, 3.05) is 39.8 Å². The number of ether oxygens (including phenoxy) is 1. The number of hydrogen-bond donors (Lipinski definition) is 1. The molecule has 9 nitrogen and oxygen atoms in total. The van der Waals surface area contributed by atoms with Gasteiger partial charge in [0.05, 0.1) is 23.1 Å². The summed E-state index contributed by atoms with van der Waals surface area (Å²) in [6.45, 7) is 7.28. The average Bonchev–Trinajstić information content (AvgIpc) is 2.87. The molecule has 0 saturated carbocycles. The van der Waals surface area contributed by atoms with Gasteiger partial charge in [-0.05, 0) is 38.5 Å². The zero-order valence-electron chi connectivity index (χ0n) is 21.7. The standard InChI is InChI=1S/C27H34N4O5S/c1-5-36-26(32)24-23(29(4)27(33)28-25(24)21-9-7-6-8-10-21)18-30-15-16-31(20(3)17-30)37(34,35)22-13-11-19(2)12-14-22/h6-14,20,25H,5,15-18H2,1-4H3,(H,28,33)/t20-,25+/m1/s1. The van der Waals surface area contributed by atoms with Gasteiger partial charge in [-0.3, -0.25) is 9.80 Å². The Hall–Kier alpha value is -3.21. The van der Waals surface area contributed by atoms with Crippen LogP contribution in [0.25, 0.3) is 0 Å². The number of piperazine rings is 1. The molecule has 2 aromatic carbocycles. The molecule has 0 radical (unpaired) electrons. The number of rotatable bonds is 7. The second kappa shape index (κ2) is 11.0. The Labute approximate surface area is 218 Å². The molecule has 1 N–H and O–H groups in total. The van der Waals surface area contributed by atoms with E-state index in [-0.39, 0.29) is 23.6 Å². The zero-order chi connectivity index (χ0) is 26.7. The number of nitrogens with one attached hydrogen (secondary N) is 1. The summed E-state index contributed by atoms with van der Waals surface area (Å²) >= 11 is 0. The molecule has 0 spiro atoms. The Morgan fingerprint density at radius 3 is 2.38 bits per heavy atom. The molecule has 2 heterocycles. The first-order valence-electron chi connectivity index (χ1n) is 12.4. The molecular formula is C27H34N4O5S. The molecule has 0 unspecified atom stereocenters. The van der Waals surface area contributed by atoms with Gasteiger partial charge in [-0.15, -0.1) is 0 Å². The largest absolute Gasteiger partial charge is 0.463 e. The van der Waals surface area contributed by atoms with Crippen LogP contribution in [0.1, 0.15) is 31.0 Å². The van der Waals surface area contributed by atoms with Crippen molar-refractivity contribution in [1.82, 2.24) is 19.4 Å². The van der Waals surface area contributed by atoms with Gasteiger partial charge in [0.25, 0.3) is 0 Å². The summed E-state index contributed by atoms with van der Waals surface area (Å²) in [4.78, 5) is 29.9. The Morgan fingerprint density at radius 1 is 1.08 bits per heavy atom. The Morgan fingerprint density at radius 2 is 1.76 bits per heavy atom. The molecule has 37 heavy (non-hydrogen) atoms. The van der Waals surface area contributed by atoms with Crippen molar-refractivity contribution in [2.24, 2.45) is 0 Å². The molecule has 1 saturated heterocycles. The van der Waals surface area contributed by atoms with Crippen molar-refractivity contribution in [3.8, 4) is 0 Å². The summed E-state index contributed by atoms with van der Waals surface area (Å²) in [6, 6.07) is 14.9. The first-order chi connectivity index (χ1) is 17.6. The minimum Gasteiger partial charge on any atom is -0.463 e. The SMILES string of the molecule is CCOC(=O)C1=C(CN2CCN(S(=O)(=O)c3ccc(C)cc3)[C@H](C)C2)N(C)C(=O)N[C@H]1c1ccccc1. The molecular weight excluding hydrogens is 492 g/mol. The molecule has 10 heteroatoms. The minimum atomic E-state index is -3.63. The van der Waals surface area contributed by atoms with E-state index >= 15 is 0 Å². The van der Waals surface area contributed by atoms with Gasteiger partial charge in [-0.2, -0.15) is 4.31 Å². The summed E-state index contributed by atoms with van der Waals surface area (Å²) < 4.78 is 33.5. The molecule has 2 aliphatic rings. The van der Waals surface area contributed by atoms with Gasteiger partial charge in [0.15, 0.2) is 0 Å². The van der Waals surface area contributed by atoms with Gasteiger partial charge in [0, 0.05) is 45.0 Å². The van der Waals surface area contributed by atoms with Crippen LogP contribution in [0.3, 0.4) is 0 Å². The van der Waals surface area contributed by atoms with Crippen molar-refractivity contribution in [3.05, 3.63) is 77.0 Å². The fourth-order valence-corrected chi connectivity index (χ4v) is 6.48. The normalized spacial score (nSPS) is 21.6. The number of sulfonamides is 1. The number of carbonyl (C=O) groups excluding carboxylic acids is 2. The van der Waals surface area contributed by atoms with E-state index in [1.165, 1.54) is 9.21 Å². The lowest BCUT2D eigenvalue weighted by Gasteiger charge is -2.41. The number of amides is 2. The van der Waals surface area contributed by atoms with Crippen LogP contribution in [-0.2, 0) is 19.6 Å². The number of aryl methyl sites for hydroxylation is 1. The molecule has 4 rings (SSSR count). The predicted octanol–water partition coefficient (Wildman–Crippen LogP) is 2.90. The third kappa shape index (κ3) is 5.56. The van der Waals surface area contributed by atoms with E-state index in [1.54, 1.807) is 38.2 Å². The molecule has 2 atom stereocenters. The van der Waals surface area contributed by atoms with Crippen molar-refractivity contribution < 1.29 is 22.7 Å². The number of carbonyl (C=O) groups is 2. The molecule has 1 fully saturated rings. The molecule has 0 aromatic heterocycles. The van der Waals surface area contributed by atoms with Crippen LogP contribution in [0, 0.1) is 6.92 Å². The highest BCUT2D eigenvalue weighted by Crippen LogP contribution is 2.32. The van der Waals surface area contributed by atoms with E-state index in [1.807, 2.05) is 44.2 Å². The topological polar surface area (TPSA) is 99.3 Å². The van der Waals surface area contributed by atoms with Crippen LogP contribution in [0.5, 0.6) is 0 Å². The fourth-order valence-electron chi connectivity index (χ4n) is 4.87. The summed E-state index contributed by atoms with van der Waals surface area (Å²) in [5, 5.41) is 2.92. The van der Waals surface area contributed by atoms with E-state index in [0.29, 0.717) is 37.4 Å². The van der Waals surface area contributed by atoms with Crippen LogP contribution >= 0.6 is 0 Å². The lowest BCUT2D eigenvalue weighted by Crippen LogP contribution is -2.56. The van der Waals surface area contributed by atoms with Gasteiger partial charge in [0.1, 0.15) is 0 Å². The lowest BCUT2D eigenvalue weighted by atomic mass is 9.94.